The lowest BCUT2D eigenvalue weighted by molar-refractivity contribution is 0.555. The highest BCUT2D eigenvalue weighted by Crippen LogP contribution is 2.20. The van der Waals surface area contributed by atoms with Crippen LogP contribution in [-0.4, -0.2) is 6.08 Å². The summed E-state index contributed by atoms with van der Waals surface area (Å²) in [5, 5.41) is 0. The van der Waals surface area contributed by atoms with Crippen molar-refractivity contribution in [3.63, 3.8) is 0 Å². The molecule has 1 aromatic carbocycles. The van der Waals surface area contributed by atoms with Crippen LogP contribution < -0.4 is 0 Å². The molecular formula is C10H10FNO. The van der Waals surface area contributed by atoms with Crippen molar-refractivity contribution in [1.82, 2.24) is 0 Å². The van der Waals surface area contributed by atoms with Crippen molar-refractivity contribution in [2.45, 2.75) is 19.9 Å². The van der Waals surface area contributed by atoms with E-state index in [1.54, 1.807) is 19.1 Å². The number of aliphatic imine (C=N–C) groups is 1. The Morgan fingerprint density at radius 1 is 1.54 bits per heavy atom. The van der Waals surface area contributed by atoms with Gasteiger partial charge in [0, 0.05) is 5.56 Å². The third kappa shape index (κ3) is 2.23. The molecule has 3 heteroatoms. The monoisotopic (exact) mass is 179 g/mol. The molecule has 0 saturated heterocycles. The average Bonchev–Trinajstić information content (AvgIpc) is 2.09. The van der Waals surface area contributed by atoms with Crippen LogP contribution in [0.3, 0.4) is 0 Å². The molecule has 2 nitrogen and oxygen atoms in total. The Bertz CT molecular complexity index is 356. The van der Waals surface area contributed by atoms with Crippen molar-refractivity contribution >= 4 is 6.08 Å². The zero-order chi connectivity index (χ0) is 9.84. The smallest absolute Gasteiger partial charge is 0.211 e. The standard InChI is InChI=1S/C10H10FNO/c1-7-3-4-10(11)9(5-7)8(2)12-6-13/h3-5,8H,1-2H3. The molecule has 0 aromatic heterocycles. The largest absolute Gasteiger partial charge is 0.235 e. The van der Waals surface area contributed by atoms with Gasteiger partial charge in [0.25, 0.3) is 0 Å². The highest BCUT2D eigenvalue weighted by Gasteiger charge is 2.09. The summed E-state index contributed by atoms with van der Waals surface area (Å²) in [5.74, 6) is -0.336. The molecule has 0 saturated carbocycles. The summed E-state index contributed by atoms with van der Waals surface area (Å²) in [6.45, 7) is 3.52. The first-order valence-electron chi connectivity index (χ1n) is 3.98. The quantitative estimate of drug-likeness (QED) is 0.506. The molecule has 0 spiro atoms. The summed E-state index contributed by atoms with van der Waals surface area (Å²) in [6.07, 6.45) is 1.42. The maximum absolute atomic E-state index is 13.2. The minimum atomic E-state index is -0.461. The van der Waals surface area contributed by atoms with Gasteiger partial charge in [0.05, 0.1) is 6.04 Å². The molecule has 0 heterocycles. The Hall–Kier alpha value is -1.47. The van der Waals surface area contributed by atoms with E-state index < -0.39 is 6.04 Å². The Morgan fingerprint density at radius 2 is 2.23 bits per heavy atom. The van der Waals surface area contributed by atoms with Crippen LogP contribution in [0.2, 0.25) is 0 Å². The summed E-state index contributed by atoms with van der Waals surface area (Å²) in [7, 11) is 0. The highest BCUT2D eigenvalue weighted by molar-refractivity contribution is 5.36. The van der Waals surface area contributed by atoms with E-state index >= 15 is 0 Å². The summed E-state index contributed by atoms with van der Waals surface area (Å²) < 4.78 is 13.2. The molecule has 0 aliphatic rings. The molecule has 0 radical (unpaired) electrons. The van der Waals surface area contributed by atoms with Gasteiger partial charge in [-0.1, -0.05) is 17.7 Å². The van der Waals surface area contributed by atoms with Crippen LogP contribution >= 0.6 is 0 Å². The van der Waals surface area contributed by atoms with Crippen LogP contribution in [0.15, 0.2) is 23.2 Å². The van der Waals surface area contributed by atoms with Crippen LogP contribution in [-0.2, 0) is 4.79 Å². The fourth-order valence-electron chi connectivity index (χ4n) is 1.13. The normalized spacial score (nSPS) is 11.9. The average molecular weight is 179 g/mol. The van der Waals surface area contributed by atoms with Gasteiger partial charge in [0.15, 0.2) is 0 Å². The fraction of sp³-hybridized carbons (Fsp3) is 0.300. The number of isocyanates is 1. The number of nitrogens with zero attached hydrogens (tertiary/aromatic N) is 1. The lowest BCUT2D eigenvalue weighted by atomic mass is 10.1. The van der Waals surface area contributed by atoms with Crippen molar-refractivity contribution in [2.75, 3.05) is 0 Å². The molecule has 1 rings (SSSR count). The molecular weight excluding hydrogens is 169 g/mol. The van der Waals surface area contributed by atoms with Crippen LogP contribution in [0.4, 0.5) is 4.39 Å². The molecule has 0 aliphatic carbocycles. The van der Waals surface area contributed by atoms with E-state index in [0.717, 1.165) is 5.56 Å². The summed E-state index contributed by atoms with van der Waals surface area (Å²) >= 11 is 0. The van der Waals surface area contributed by atoms with Crippen molar-refractivity contribution in [2.24, 2.45) is 4.99 Å². The predicted molar refractivity (Wildman–Crippen MR) is 47.7 cm³/mol. The second-order valence-electron chi connectivity index (χ2n) is 2.92. The van der Waals surface area contributed by atoms with Gasteiger partial charge in [-0.3, -0.25) is 0 Å². The van der Waals surface area contributed by atoms with Crippen LogP contribution in [0.25, 0.3) is 0 Å². The number of hydrogen-bond donors (Lipinski definition) is 0. The molecule has 1 atom stereocenters. The van der Waals surface area contributed by atoms with E-state index in [1.807, 2.05) is 6.92 Å². The first-order chi connectivity index (χ1) is 6.15. The van der Waals surface area contributed by atoms with E-state index in [-0.39, 0.29) is 5.82 Å². The minimum Gasteiger partial charge on any atom is -0.211 e. The Balaban J connectivity index is 3.12. The molecule has 0 bridgehead atoms. The third-order valence-corrected chi connectivity index (χ3v) is 1.85. The Kier molecular flexibility index (Phi) is 2.93. The number of carbonyl (C=O) groups excluding carboxylic acids is 1. The van der Waals surface area contributed by atoms with E-state index in [0.29, 0.717) is 5.56 Å². The minimum absolute atomic E-state index is 0.336. The first kappa shape index (κ1) is 9.62. The van der Waals surface area contributed by atoms with E-state index in [2.05, 4.69) is 4.99 Å². The van der Waals surface area contributed by atoms with Gasteiger partial charge in [0.2, 0.25) is 6.08 Å². The highest BCUT2D eigenvalue weighted by atomic mass is 19.1. The van der Waals surface area contributed by atoms with Gasteiger partial charge in [-0.25, -0.2) is 9.18 Å². The fourth-order valence-corrected chi connectivity index (χ4v) is 1.13. The lowest BCUT2D eigenvalue weighted by Crippen LogP contribution is -1.94. The second kappa shape index (κ2) is 3.97. The molecule has 0 amide bonds. The number of aryl methyl sites for hydroxylation is 1. The number of halogens is 1. The maximum Gasteiger partial charge on any atom is 0.235 e. The number of hydrogen-bond acceptors (Lipinski definition) is 2. The van der Waals surface area contributed by atoms with Gasteiger partial charge in [0.1, 0.15) is 5.82 Å². The van der Waals surface area contributed by atoms with Crippen molar-refractivity contribution < 1.29 is 9.18 Å². The SMILES string of the molecule is Cc1ccc(F)c(C(C)N=C=O)c1. The van der Waals surface area contributed by atoms with Crippen LogP contribution in [0.1, 0.15) is 24.1 Å². The maximum atomic E-state index is 13.2. The van der Waals surface area contributed by atoms with Gasteiger partial charge in [-0.05, 0) is 19.9 Å². The zero-order valence-corrected chi connectivity index (χ0v) is 7.54. The molecule has 13 heavy (non-hydrogen) atoms. The Labute approximate surface area is 76.1 Å². The van der Waals surface area contributed by atoms with Crippen molar-refractivity contribution in [3.8, 4) is 0 Å². The summed E-state index contributed by atoms with van der Waals surface area (Å²) in [5.41, 5.74) is 1.38. The zero-order valence-electron chi connectivity index (χ0n) is 7.54. The molecule has 1 aromatic rings. The van der Waals surface area contributed by atoms with Gasteiger partial charge < -0.3 is 0 Å². The lowest BCUT2D eigenvalue weighted by Gasteiger charge is -2.06. The molecule has 1 unspecified atom stereocenters. The number of benzene rings is 1. The second-order valence-corrected chi connectivity index (χ2v) is 2.92. The molecule has 0 aliphatic heterocycles. The molecule has 68 valence electrons. The Morgan fingerprint density at radius 3 is 2.85 bits per heavy atom. The number of rotatable bonds is 2. The van der Waals surface area contributed by atoms with E-state index in [9.17, 15) is 9.18 Å². The third-order valence-electron chi connectivity index (χ3n) is 1.85. The van der Waals surface area contributed by atoms with Crippen LogP contribution in [0, 0.1) is 12.7 Å². The van der Waals surface area contributed by atoms with E-state index in [1.165, 1.54) is 12.1 Å². The predicted octanol–water partition coefficient (Wildman–Crippen LogP) is 2.53. The topological polar surface area (TPSA) is 29.4 Å². The van der Waals surface area contributed by atoms with E-state index in [4.69, 9.17) is 0 Å². The van der Waals surface area contributed by atoms with Gasteiger partial charge in [-0.2, -0.15) is 4.99 Å². The molecule has 0 N–H and O–H groups in total. The van der Waals surface area contributed by atoms with Crippen molar-refractivity contribution in [1.29, 1.82) is 0 Å². The van der Waals surface area contributed by atoms with Crippen molar-refractivity contribution in [3.05, 3.63) is 35.1 Å². The van der Waals surface area contributed by atoms with Gasteiger partial charge in [-0.15, -0.1) is 0 Å². The first-order valence-corrected chi connectivity index (χ1v) is 3.98. The molecule has 0 fully saturated rings. The summed E-state index contributed by atoms with van der Waals surface area (Å²) in [4.78, 5) is 13.4. The summed E-state index contributed by atoms with van der Waals surface area (Å²) in [6, 6.07) is 4.27. The van der Waals surface area contributed by atoms with Crippen LogP contribution in [0.5, 0.6) is 0 Å². The van der Waals surface area contributed by atoms with Gasteiger partial charge >= 0.3 is 0 Å².